The van der Waals surface area contributed by atoms with Crippen molar-refractivity contribution < 1.29 is 9.84 Å². The zero-order valence-electron chi connectivity index (χ0n) is 15.6. The van der Waals surface area contributed by atoms with Crippen LogP contribution in [-0.4, -0.2) is 49.4 Å². The highest BCUT2D eigenvalue weighted by atomic mass is 32.1. The topological polar surface area (TPSA) is 48.0 Å². The molecule has 0 saturated carbocycles. The van der Waals surface area contributed by atoms with E-state index in [9.17, 15) is 5.11 Å². The van der Waals surface area contributed by atoms with Gasteiger partial charge in [0.05, 0.1) is 19.3 Å². The standard InChI is InChI=1S/C20H27N3O2S/c1-22(2)14-8-13-21-20(26)23(15-16-9-4-6-11-18(16)24)17-10-5-7-12-19(17)25-3/h4-7,9-12,24H,8,13-15H2,1-3H3,(H,21,26). The van der Waals surface area contributed by atoms with Crippen molar-refractivity contribution in [3.63, 3.8) is 0 Å². The molecule has 0 aliphatic carbocycles. The molecule has 0 fully saturated rings. The van der Waals surface area contributed by atoms with Gasteiger partial charge in [-0.25, -0.2) is 0 Å². The molecule has 0 radical (unpaired) electrons. The molecular formula is C20H27N3O2S. The maximum atomic E-state index is 10.2. The molecule has 0 bridgehead atoms. The Bertz CT molecular complexity index is 722. The second kappa shape index (κ2) is 9.99. The van der Waals surface area contributed by atoms with E-state index < -0.39 is 0 Å². The number of phenols is 1. The largest absolute Gasteiger partial charge is 0.508 e. The molecule has 0 saturated heterocycles. The van der Waals surface area contributed by atoms with Crippen molar-refractivity contribution in [2.45, 2.75) is 13.0 Å². The Kier molecular flexibility index (Phi) is 7.69. The average Bonchev–Trinajstić information content (AvgIpc) is 2.64. The summed E-state index contributed by atoms with van der Waals surface area (Å²) in [5.74, 6) is 0.989. The van der Waals surface area contributed by atoms with Crippen molar-refractivity contribution in [2.75, 3.05) is 39.2 Å². The molecule has 2 rings (SSSR count). The van der Waals surface area contributed by atoms with Crippen molar-refractivity contribution in [1.29, 1.82) is 0 Å². The molecule has 2 aromatic rings. The van der Waals surface area contributed by atoms with Crippen LogP contribution in [0.2, 0.25) is 0 Å². The zero-order valence-corrected chi connectivity index (χ0v) is 16.4. The number of nitrogens with one attached hydrogen (secondary N) is 1. The van der Waals surface area contributed by atoms with E-state index in [0.717, 1.165) is 36.5 Å². The third kappa shape index (κ3) is 5.61. The lowest BCUT2D eigenvalue weighted by Crippen LogP contribution is -2.40. The van der Waals surface area contributed by atoms with E-state index in [0.29, 0.717) is 11.7 Å². The van der Waals surface area contributed by atoms with Crippen LogP contribution in [0.4, 0.5) is 5.69 Å². The second-order valence-electron chi connectivity index (χ2n) is 6.28. The van der Waals surface area contributed by atoms with Crippen molar-refractivity contribution in [2.24, 2.45) is 0 Å². The molecule has 0 heterocycles. The summed E-state index contributed by atoms with van der Waals surface area (Å²) in [6, 6.07) is 15.0. The lowest BCUT2D eigenvalue weighted by Gasteiger charge is -2.28. The minimum absolute atomic E-state index is 0.253. The van der Waals surface area contributed by atoms with Crippen LogP contribution in [0.1, 0.15) is 12.0 Å². The van der Waals surface area contributed by atoms with Gasteiger partial charge < -0.3 is 25.0 Å². The van der Waals surface area contributed by atoms with E-state index >= 15 is 0 Å². The summed E-state index contributed by atoms with van der Waals surface area (Å²) in [5.41, 5.74) is 1.67. The van der Waals surface area contributed by atoms with E-state index in [4.69, 9.17) is 17.0 Å². The molecule has 0 aromatic heterocycles. The normalized spacial score (nSPS) is 10.6. The van der Waals surface area contributed by atoms with Gasteiger partial charge in [-0.05, 0) is 57.5 Å². The molecule has 0 aliphatic rings. The van der Waals surface area contributed by atoms with E-state index in [1.54, 1.807) is 13.2 Å². The molecule has 0 aliphatic heterocycles. The Morgan fingerprint density at radius 1 is 1.12 bits per heavy atom. The first-order chi connectivity index (χ1) is 12.5. The SMILES string of the molecule is COc1ccccc1N(Cc1ccccc1O)C(=S)NCCCN(C)C. The number of benzene rings is 2. The molecule has 0 atom stereocenters. The molecule has 140 valence electrons. The van der Waals surface area contributed by atoms with Crippen LogP contribution < -0.4 is 15.0 Å². The summed E-state index contributed by atoms with van der Waals surface area (Å²) < 4.78 is 5.50. The Labute approximate surface area is 161 Å². The van der Waals surface area contributed by atoms with Crippen LogP contribution in [0.3, 0.4) is 0 Å². The molecule has 2 N–H and O–H groups in total. The molecule has 0 amide bonds. The van der Waals surface area contributed by atoms with Gasteiger partial charge in [0.1, 0.15) is 11.5 Å². The molecule has 0 unspecified atom stereocenters. The van der Waals surface area contributed by atoms with Crippen molar-refractivity contribution in [3.05, 3.63) is 54.1 Å². The summed E-state index contributed by atoms with van der Waals surface area (Å²) in [4.78, 5) is 4.10. The number of hydrogen-bond acceptors (Lipinski definition) is 4. The Balaban J connectivity index is 2.21. The number of phenolic OH excluding ortho intramolecular Hbond substituents is 1. The van der Waals surface area contributed by atoms with Crippen LogP contribution in [0.25, 0.3) is 0 Å². The van der Waals surface area contributed by atoms with Crippen molar-refractivity contribution in [3.8, 4) is 11.5 Å². The molecule has 26 heavy (non-hydrogen) atoms. The van der Waals surface area contributed by atoms with Gasteiger partial charge in [0.25, 0.3) is 0 Å². The minimum atomic E-state index is 0.253. The number of anilines is 1. The van der Waals surface area contributed by atoms with Gasteiger partial charge in [-0.1, -0.05) is 30.3 Å². The highest BCUT2D eigenvalue weighted by Crippen LogP contribution is 2.30. The summed E-state index contributed by atoms with van der Waals surface area (Å²) in [5, 5.41) is 14.1. The van der Waals surface area contributed by atoms with E-state index in [-0.39, 0.29) is 5.75 Å². The molecular weight excluding hydrogens is 346 g/mol. The van der Waals surface area contributed by atoms with Crippen molar-refractivity contribution >= 4 is 23.0 Å². The number of para-hydroxylation sites is 3. The zero-order chi connectivity index (χ0) is 18.9. The first kappa shape index (κ1) is 20.0. The third-order valence-corrected chi connectivity index (χ3v) is 4.36. The average molecular weight is 374 g/mol. The minimum Gasteiger partial charge on any atom is -0.508 e. The molecule has 6 heteroatoms. The fourth-order valence-electron chi connectivity index (χ4n) is 2.62. The Morgan fingerprint density at radius 3 is 2.50 bits per heavy atom. The number of hydrogen-bond donors (Lipinski definition) is 2. The van der Waals surface area contributed by atoms with Gasteiger partial charge in [0.2, 0.25) is 0 Å². The van der Waals surface area contributed by atoms with Crippen LogP contribution >= 0.6 is 12.2 Å². The quantitative estimate of drug-likeness (QED) is 0.547. The van der Waals surface area contributed by atoms with Crippen molar-refractivity contribution in [1.82, 2.24) is 10.2 Å². The Hall–Kier alpha value is -2.31. The van der Waals surface area contributed by atoms with Gasteiger partial charge in [-0.3, -0.25) is 0 Å². The van der Waals surface area contributed by atoms with E-state index in [1.165, 1.54) is 0 Å². The van der Waals surface area contributed by atoms with Crippen LogP contribution in [-0.2, 0) is 6.54 Å². The molecule has 5 nitrogen and oxygen atoms in total. The summed E-state index contributed by atoms with van der Waals surface area (Å²) in [6.45, 7) is 2.22. The highest BCUT2D eigenvalue weighted by molar-refractivity contribution is 7.80. The number of rotatable bonds is 8. The fraction of sp³-hybridized carbons (Fsp3) is 0.350. The predicted molar refractivity (Wildman–Crippen MR) is 111 cm³/mol. The van der Waals surface area contributed by atoms with Gasteiger partial charge in [0, 0.05) is 12.1 Å². The highest BCUT2D eigenvalue weighted by Gasteiger charge is 2.18. The van der Waals surface area contributed by atoms with Gasteiger partial charge in [-0.2, -0.15) is 0 Å². The fourth-order valence-corrected chi connectivity index (χ4v) is 2.89. The van der Waals surface area contributed by atoms with Crippen LogP contribution in [0.15, 0.2) is 48.5 Å². The monoisotopic (exact) mass is 373 g/mol. The lowest BCUT2D eigenvalue weighted by atomic mass is 10.1. The first-order valence-electron chi connectivity index (χ1n) is 8.63. The molecule has 0 spiro atoms. The van der Waals surface area contributed by atoms with Gasteiger partial charge in [-0.15, -0.1) is 0 Å². The number of ether oxygens (including phenoxy) is 1. The third-order valence-electron chi connectivity index (χ3n) is 4.00. The number of methoxy groups -OCH3 is 1. The lowest BCUT2D eigenvalue weighted by molar-refractivity contribution is 0.400. The van der Waals surface area contributed by atoms with Gasteiger partial charge in [0.15, 0.2) is 5.11 Å². The molecule has 2 aromatic carbocycles. The van der Waals surface area contributed by atoms with Crippen LogP contribution in [0, 0.1) is 0 Å². The van der Waals surface area contributed by atoms with E-state index in [1.807, 2.05) is 47.4 Å². The summed E-state index contributed by atoms with van der Waals surface area (Å²) in [6.07, 6.45) is 0.990. The second-order valence-corrected chi connectivity index (χ2v) is 6.66. The summed E-state index contributed by atoms with van der Waals surface area (Å²) >= 11 is 5.65. The maximum Gasteiger partial charge on any atom is 0.173 e. The maximum absolute atomic E-state index is 10.2. The van der Waals surface area contributed by atoms with Gasteiger partial charge >= 0.3 is 0 Å². The summed E-state index contributed by atoms with van der Waals surface area (Å²) in [7, 11) is 5.75. The number of nitrogens with zero attached hydrogens (tertiary/aromatic N) is 2. The van der Waals surface area contributed by atoms with Crippen LogP contribution in [0.5, 0.6) is 11.5 Å². The Morgan fingerprint density at radius 2 is 1.81 bits per heavy atom. The predicted octanol–water partition coefficient (Wildman–Crippen LogP) is 3.23. The van der Waals surface area contributed by atoms with E-state index in [2.05, 4.69) is 24.3 Å². The number of aromatic hydroxyl groups is 1. The number of thiocarbonyl (C=S) groups is 1. The first-order valence-corrected chi connectivity index (χ1v) is 9.03. The smallest absolute Gasteiger partial charge is 0.173 e.